The maximum absolute atomic E-state index is 11.4. The van der Waals surface area contributed by atoms with Crippen LogP contribution in [0.15, 0.2) is 24.3 Å². The van der Waals surface area contributed by atoms with Gasteiger partial charge in [-0.2, -0.15) is 0 Å². The van der Waals surface area contributed by atoms with Crippen molar-refractivity contribution >= 4 is 11.8 Å². The second-order valence-electron chi connectivity index (χ2n) is 4.62. The molecule has 0 aliphatic rings. The van der Waals surface area contributed by atoms with Gasteiger partial charge in [0.15, 0.2) is 0 Å². The first kappa shape index (κ1) is 14.8. The first-order valence-corrected chi connectivity index (χ1v) is 6.14. The molecule has 0 saturated carbocycles. The summed E-state index contributed by atoms with van der Waals surface area (Å²) in [6, 6.07) is 6.71. The van der Waals surface area contributed by atoms with Gasteiger partial charge in [0, 0.05) is 17.5 Å². The monoisotopic (exact) mass is 258 g/mol. The van der Waals surface area contributed by atoms with E-state index in [1.165, 1.54) is 0 Å². The molecule has 0 unspecified atom stereocenters. The molecule has 0 aliphatic heterocycles. The second-order valence-corrected chi connectivity index (χ2v) is 4.62. The fourth-order valence-electron chi connectivity index (χ4n) is 1.45. The lowest BCUT2D eigenvalue weighted by Gasteiger charge is -2.03. The summed E-state index contributed by atoms with van der Waals surface area (Å²) in [6.45, 7) is 4.31. The number of nitrogens with two attached hydrogens (primary N) is 1. The molecule has 0 fully saturated rings. The standard InChI is InChI=1S/C15H18N2O2/c1-11(2)10-14(18)17-9-3-4-12-5-7-13(8-6-12)15(16)19/h5-8,11H,9-10H2,1-2H3,(H2,16,19)(H,17,18). The summed E-state index contributed by atoms with van der Waals surface area (Å²) in [5.74, 6) is 5.65. The summed E-state index contributed by atoms with van der Waals surface area (Å²) >= 11 is 0. The summed E-state index contributed by atoms with van der Waals surface area (Å²) in [7, 11) is 0. The summed E-state index contributed by atoms with van der Waals surface area (Å²) in [5.41, 5.74) is 6.37. The zero-order chi connectivity index (χ0) is 14.3. The van der Waals surface area contributed by atoms with Gasteiger partial charge in [0.05, 0.1) is 6.54 Å². The smallest absolute Gasteiger partial charge is 0.248 e. The van der Waals surface area contributed by atoms with Gasteiger partial charge in [-0.3, -0.25) is 9.59 Å². The molecule has 1 aromatic carbocycles. The van der Waals surface area contributed by atoms with Gasteiger partial charge < -0.3 is 11.1 Å². The minimum Gasteiger partial charge on any atom is -0.366 e. The van der Waals surface area contributed by atoms with E-state index in [0.29, 0.717) is 24.4 Å². The Morgan fingerprint density at radius 3 is 2.42 bits per heavy atom. The lowest BCUT2D eigenvalue weighted by atomic mass is 10.1. The number of carbonyl (C=O) groups is 2. The lowest BCUT2D eigenvalue weighted by Crippen LogP contribution is -2.24. The van der Waals surface area contributed by atoms with E-state index >= 15 is 0 Å². The van der Waals surface area contributed by atoms with Crippen molar-refractivity contribution in [1.29, 1.82) is 0 Å². The highest BCUT2D eigenvalue weighted by Crippen LogP contribution is 2.02. The van der Waals surface area contributed by atoms with Gasteiger partial charge in [-0.05, 0) is 30.2 Å². The van der Waals surface area contributed by atoms with Crippen LogP contribution in [-0.2, 0) is 4.79 Å². The van der Waals surface area contributed by atoms with Crippen LogP contribution in [0.2, 0.25) is 0 Å². The molecule has 0 aliphatic carbocycles. The van der Waals surface area contributed by atoms with Crippen molar-refractivity contribution in [3.8, 4) is 11.8 Å². The highest BCUT2D eigenvalue weighted by molar-refractivity contribution is 5.92. The summed E-state index contributed by atoms with van der Waals surface area (Å²) < 4.78 is 0. The van der Waals surface area contributed by atoms with Crippen molar-refractivity contribution in [3.05, 3.63) is 35.4 Å². The Labute approximate surface area is 113 Å². The molecule has 4 nitrogen and oxygen atoms in total. The number of hydrogen-bond acceptors (Lipinski definition) is 2. The number of benzene rings is 1. The Morgan fingerprint density at radius 1 is 1.26 bits per heavy atom. The molecule has 0 bridgehead atoms. The summed E-state index contributed by atoms with van der Waals surface area (Å²) in [6.07, 6.45) is 0.509. The van der Waals surface area contributed by atoms with E-state index in [4.69, 9.17) is 5.73 Å². The predicted molar refractivity (Wildman–Crippen MR) is 74.3 cm³/mol. The van der Waals surface area contributed by atoms with Crippen LogP contribution in [0, 0.1) is 17.8 Å². The summed E-state index contributed by atoms with van der Waals surface area (Å²) in [4.78, 5) is 22.2. The van der Waals surface area contributed by atoms with E-state index in [1.54, 1.807) is 24.3 Å². The van der Waals surface area contributed by atoms with Crippen molar-refractivity contribution in [1.82, 2.24) is 5.32 Å². The molecule has 19 heavy (non-hydrogen) atoms. The van der Waals surface area contributed by atoms with Crippen LogP contribution < -0.4 is 11.1 Å². The minimum atomic E-state index is -0.458. The Bertz CT molecular complexity index is 507. The normalized spacial score (nSPS) is 9.63. The first-order valence-electron chi connectivity index (χ1n) is 6.14. The van der Waals surface area contributed by atoms with E-state index < -0.39 is 5.91 Å². The molecular weight excluding hydrogens is 240 g/mol. The average molecular weight is 258 g/mol. The highest BCUT2D eigenvalue weighted by Gasteiger charge is 2.02. The van der Waals surface area contributed by atoms with Crippen LogP contribution in [0.1, 0.15) is 36.2 Å². The highest BCUT2D eigenvalue weighted by atomic mass is 16.1. The topological polar surface area (TPSA) is 72.2 Å². The van der Waals surface area contributed by atoms with Gasteiger partial charge in [0.25, 0.3) is 0 Å². The van der Waals surface area contributed by atoms with E-state index in [0.717, 1.165) is 5.56 Å². The molecule has 0 saturated heterocycles. The number of primary amides is 1. The number of nitrogens with one attached hydrogen (secondary N) is 1. The van der Waals surface area contributed by atoms with Gasteiger partial charge in [0.2, 0.25) is 11.8 Å². The van der Waals surface area contributed by atoms with Crippen LogP contribution in [-0.4, -0.2) is 18.4 Å². The predicted octanol–water partition coefficient (Wildman–Crippen LogP) is 1.30. The maximum atomic E-state index is 11.4. The first-order chi connectivity index (χ1) is 8.99. The second kappa shape index (κ2) is 7.22. The van der Waals surface area contributed by atoms with Crippen LogP contribution in [0.3, 0.4) is 0 Å². The fraction of sp³-hybridized carbons (Fsp3) is 0.333. The molecule has 0 atom stereocenters. The van der Waals surface area contributed by atoms with Crippen molar-refractivity contribution in [2.75, 3.05) is 6.54 Å². The van der Waals surface area contributed by atoms with Gasteiger partial charge in [-0.25, -0.2) is 0 Å². The number of hydrogen-bond donors (Lipinski definition) is 2. The van der Waals surface area contributed by atoms with Crippen molar-refractivity contribution in [2.45, 2.75) is 20.3 Å². The van der Waals surface area contributed by atoms with Crippen molar-refractivity contribution in [2.24, 2.45) is 11.7 Å². The van der Waals surface area contributed by atoms with Gasteiger partial charge in [-0.1, -0.05) is 25.7 Å². The van der Waals surface area contributed by atoms with E-state index in [1.807, 2.05) is 13.8 Å². The largest absolute Gasteiger partial charge is 0.366 e. The molecule has 100 valence electrons. The third kappa shape index (κ3) is 5.73. The third-order valence-electron chi connectivity index (χ3n) is 2.37. The van der Waals surface area contributed by atoms with Crippen LogP contribution in [0.25, 0.3) is 0 Å². The molecule has 0 spiro atoms. The van der Waals surface area contributed by atoms with Crippen LogP contribution in [0.4, 0.5) is 0 Å². The molecule has 4 heteroatoms. The van der Waals surface area contributed by atoms with E-state index in [2.05, 4.69) is 17.2 Å². The lowest BCUT2D eigenvalue weighted by molar-refractivity contribution is -0.121. The van der Waals surface area contributed by atoms with Crippen LogP contribution >= 0.6 is 0 Å². The summed E-state index contributed by atoms with van der Waals surface area (Å²) in [5, 5.41) is 2.73. The van der Waals surface area contributed by atoms with Gasteiger partial charge in [0.1, 0.15) is 0 Å². The van der Waals surface area contributed by atoms with Crippen molar-refractivity contribution < 1.29 is 9.59 Å². The van der Waals surface area contributed by atoms with Gasteiger partial charge in [-0.15, -0.1) is 0 Å². The number of carbonyl (C=O) groups excluding carboxylic acids is 2. The molecule has 2 amide bonds. The zero-order valence-corrected chi connectivity index (χ0v) is 11.2. The quantitative estimate of drug-likeness (QED) is 0.799. The fourth-order valence-corrected chi connectivity index (χ4v) is 1.45. The molecule has 0 heterocycles. The van der Waals surface area contributed by atoms with Gasteiger partial charge >= 0.3 is 0 Å². The molecular formula is C15H18N2O2. The minimum absolute atomic E-state index is 0.00776. The Kier molecular flexibility index (Phi) is 5.62. The average Bonchev–Trinajstić information content (AvgIpc) is 2.34. The molecule has 0 aromatic heterocycles. The van der Waals surface area contributed by atoms with E-state index in [9.17, 15) is 9.59 Å². The Balaban J connectivity index is 2.46. The van der Waals surface area contributed by atoms with E-state index in [-0.39, 0.29) is 5.91 Å². The molecule has 1 aromatic rings. The van der Waals surface area contributed by atoms with Crippen LogP contribution in [0.5, 0.6) is 0 Å². The molecule has 0 radical (unpaired) electrons. The number of amides is 2. The SMILES string of the molecule is CC(C)CC(=O)NCC#Cc1ccc(C(N)=O)cc1. The molecule has 1 rings (SSSR count). The Morgan fingerprint density at radius 2 is 1.89 bits per heavy atom. The Hall–Kier alpha value is -2.28. The third-order valence-corrected chi connectivity index (χ3v) is 2.37. The van der Waals surface area contributed by atoms with Crippen molar-refractivity contribution in [3.63, 3.8) is 0 Å². The number of rotatable bonds is 4. The zero-order valence-electron chi connectivity index (χ0n) is 11.2. The molecule has 3 N–H and O–H groups in total. The maximum Gasteiger partial charge on any atom is 0.248 e.